The molecule has 1 heterocycles. The fraction of sp³-hybridized carbons (Fsp3) is 0. The fourth-order valence-electron chi connectivity index (χ4n) is 2.25. The molecule has 0 amide bonds. The number of hydrogen-bond acceptors (Lipinski definition) is 1. The van der Waals surface area contributed by atoms with Crippen LogP contribution in [0.25, 0.3) is 22.4 Å². The lowest BCUT2D eigenvalue weighted by Crippen LogP contribution is -1.93. The highest BCUT2D eigenvalue weighted by Gasteiger charge is 2.16. The van der Waals surface area contributed by atoms with Crippen molar-refractivity contribution in [1.82, 2.24) is 4.98 Å². The lowest BCUT2D eigenvalue weighted by Gasteiger charge is -2.11. The molecule has 0 unspecified atom stereocenters. The van der Waals surface area contributed by atoms with Crippen LogP contribution < -0.4 is 0 Å². The van der Waals surface area contributed by atoms with Gasteiger partial charge in [-0.3, -0.25) is 4.98 Å². The van der Waals surface area contributed by atoms with Gasteiger partial charge in [-0.2, -0.15) is 0 Å². The molecule has 0 saturated heterocycles. The Kier molecular flexibility index (Phi) is 4.79. The van der Waals surface area contributed by atoms with E-state index in [1.165, 1.54) is 12.3 Å². The molecule has 0 bridgehead atoms. The maximum absolute atomic E-state index is 14.6. The van der Waals surface area contributed by atoms with E-state index in [1.807, 2.05) is 0 Å². The third-order valence-electron chi connectivity index (χ3n) is 3.30. The Morgan fingerprint density at radius 1 is 0.739 bits per heavy atom. The van der Waals surface area contributed by atoms with E-state index >= 15 is 0 Å². The van der Waals surface area contributed by atoms with Crippen LogP contribution in [0.5, 0.6) is 0 Å². The van der Waals surface area contributed by atoms with Crippen molar-refractivity contribution in [2.45, 2.75) is 0 Å². The molecular weight excluding hydrogens is 379 g/mol. The van der Waals surface area contributed by atoms with Crippen LogP contribution in [0.15, 0.2) is 48.7 Å². The van der Waals surface area contributed by atoms with Crippen molar-refractivity contribution in [3.63, 3.8) is 0 Å². The summed E-state index contributed by atoms with van der Waals surface area (Å²) in [4.78, 5) is 4.26. The largest absolute Gasteiger partial charge is 0.255 e. The highest BCUT2D eigenvalue weighted by molar-refractivity contribution is 6.39. The van der Waals surface area contributed by atoms with Gasteiger partial charge in [-0.25, -0.2) is 4.39 Å². The van der Waals surface area contributed by atoms with Crippen molar-refractivity contribution in [1.29, 1.82) is 0 Å². The lowest BCUT2D eigenvalue weighted by atomic mass is 10.0. The van der Waals surface area contributed by atoms with Crippen molar-refractivity contribution >= 4 is 46.4 Å². The highest BCUT2D eigenvalue weighted by atomic mass is 35.5. The summed E-state index contributed by atoms with van der Waals surface area (Å²) in [7, 11) is 0. The Morgan fingerprint density at radius 2 is 1.22 bits per heavy atom. The summed E-state index contributed by atoms with van der Waals surface area (Å²) in [6.07, 6.45) is 1.37. The first-order valence-electron chi connectivity index (χ1n) is 6.53. The fourth-order valence-corrected chi connectivity index (χ4v) is 3.44. The topological polar surface area (TPSA) is 12.9 Å². The van der Waals surface area contributed by atoms with E-state index in [0.29, 0.717) is 36.9 Å². The molecule has 0 fully saturated rings. The van der Waals surface area contributed by atoms with Gasteiger partial charge in [0.25, 0.3) is 0 Å². The molecule has 0 atom stereocenters. The first-order chi connectivity index (χ1) is 11.0. The number of nitrogens with zero attached hydrogens (tertiary/aromatic N) is 1. The van der Waals surface area contributed by atoms with Gasteiger partial charge in [0.1, 0.15) is 5.82 Å². The minimum atomic E-state index is -0.513. The van der Waals surface area contributed by atoms with Crippen LogP contribution in [0.4, 0.5) is 4.39 Å². The van der Waals surface area contributed by atoms with Crippen molar-refractivity contribution in [3.05, 3.63) is 74.6 Å². The number of aromatic nitrogens is 1. The Hall–Kier alpha value is -1.32. The molecule has 23 heavy (non-hydrogen) atoms. The molecule has 1 aromatic heterocycles. The molecular formula is C17H8Cl4FN. The van der Waals surface area contributed by atoms with Gasteiger partial charge in [0.05, 0.1) is 25.8 Å². The van der Waals surface area contributed by atoms with Gasteiger partial charge in [0, 0.05) is 29.0 Å². The SMILES string of the molecule is Fc1cc(-c2c(Cl)cccc2Cl)ncc1-c1c(Cl)cccc1Cl. The second-order valence-corrected chi connectivity index (χ2v) is 6.37. The van der Waals surface area contributed by atoms with E-state index in [9.17, 15) is 4.39 Å². The van der Waals surface area contributed by atoms with Crippen molar-refractivity contribution in [2.75, 3.05) is 0 Å². The molecule has 3 rings (SSSR count). The summed E-state index contributed by atoms with van der Waals surface area (Å²) in [5, 5.41) is 1.49. The summed E-state index contributed by atoms with van der Waals surface area (Å²) < 4.78 is 14.6. The molecule has 1 nitrogen and oxygen atoms in total. The zero-order chi connectivity index (χ0) is 16.6. The van der Waals surface area contributed by atoms with E-state index in [-0.39, 0.29) is 5.56 Å². The molecule has 2 aromatic carbocycles. The number of benzene rings is 2. The minimum Gasteiger partial charge on any atom is -0.255 e. The zero-order valence-electron chi connectivity index (χ0n) is 11.5. The second-order valence-electron chi connectivity index (χ2n) is 4.74. The minimum absolute atomic E-state index is 0.215. The number of hydrogen-bond donors (Lipinski definition) is 0. The van der Waals surface area contributed by atoms with E-state index in [2.05, 4.69) is 4.98 Å². The predicted octanol–water partition coefficient (Wildman–Crippen LogP) is 7.17. The molecule has 0 aliphatic heterocycles. The van der Waals surface area contributed by atoms with Crippen molar-refractivity contribution < 1.29 is 4.39 Å². The molecule has 3 aromatic rings. The maximum atomic E-state index is 14.6. The van der Waals surface area contributed by atoms with Crippen LogP contribution in [-0.4, -0.2) is 4.98 Å². The maximum Gasteiger partial charge on any atom is 0.134 e. The smallest absolute Gasteiger partial charge is 0.134 e. The second kappa shape index (κ2) is 6.66. The van der Waals surface area contributed by atoms with Crippen LogP contribution in [0, 0.1) is 5.82 Å². The van der Waals surface area contributed by atoms with Gasteiger partial charge < -0.3 is 0 Å². The third-order valence-corrected chi connectivity index (χ3v) is 4.56. The molecule has 0 spiro atoms. The van der Waals surface area contributed by atoms with Gasteiger partial charge in [-0.15, -0.1) is 0 Å². The van der Waals surface area contributed by atoms with Crippen LogP contribution in [0.2, 0.25) is 20.1 Å². The Balaban J connectivity index is 2.16. The van der Waals surface area contributed by atoms with E-state index < -0.39 is 5.82 Å². The van der Waals surface area contributed by atoms with E-state index in [0.717, 1.165) is 0 Å². The average Bonchev–Trinajstić information content (AvgIpc) is 2.49. The predicted molar refractivity (Wildman–Crippen MR) is 95.1 cm³/mol. The van der Waals surface area contributed by atoms with E-state index in [4.69, 9.17) is 46.4 Å². The normalized spacial score (nSPS) is 10.8. The molecule has 116 valence electrons. The lowest BCUT2D eigenvalue weighted by molar-refractivity contribution is 0.630. The summed E-state index contributed by atoms with van der Waals surface area (Å²) in [5.74, 6) is -0.513. The molecule has 0 aliphatic rings. The quantitative estimate of drug-likeness (QED) is 0.454. The molecule has 0 N–H and O–H groups in total. The van der Waals surface area contributed by atoms with Crippen LogP contribution >= 0.6 is 46.4 Å². The van der Waals surface area contributed by atoms with E-state index in [1.54, 1.807) is 36.4 Å². The van der Waals surface area contributed by atoms with Gasteiger partial charge >= 0.3 is 0 Å². The number of pyridine rings is 1. The first-order valence-corrected chi connectivity index (χ1v) is 8.04. The zero-order valence-corrected chi connectivity index (χ0v) is 14.5. The summed E-state index contributed by atoms with van der Waals surface area (Å²) in [5.41, 5.74) is 1.43. The highest BCUT2D eigenvalue weighted by Crippen LogP contribution is 2.38. The molecule has 0 radical (unpaired) electrons. The first kappa shape index (κ1) is 16.5. The standard InChI is InChI=1S/C17H8Cl4FN/c18-10-3-1-4-11(19)16(10)9-8-23-15(7-14(9)22)17-12(20)5-2-6-13(17)21/h1-8H. The van der Waals surface area contributed by atoms with Crippen molar-refractivity contribution in [3.8, 4) is 22.4 Å². The average molecular weight is 387 g/mol. The molecule has 0 saturated carbocycles. The van der Waals surface area contributed by atoms with Gasteiger partial charge in [0.2, 0.25) is 0 Å². The number of halogens is 5. The molecule has 6 heteroatoms. The molecule has 0 aliphatic carbocycles. The summed E-state index contributed by atoms with van der Waals surface area (Å²) >= 11 is 24.5. The monoisotopic (exact) mass is 385 g/mol. The summed E-state index contributed by atoms with van der Waals surface area (Å²) in [6, 6.07) is 11.3. The van der Waals surface area contributed by atoms with Gasteiger partial charge in [-0.05, 0) is 24.3 Å². The Labute approximate surface area is 152 Å². The van der Waals surface area contributed by atoms with Crippen LogP contribution in [0.1, 0.15) is 0 Å². The summed E-state index contributed by atoms with van der Waals surface area (Å²) in [6.45, 7) is 0. The van der Waals surface area contributed by atoms with Crippen LogP contribution in [0.3, 0.4) is 0 Å². The van der Waals surface area contributed by atoms with Gasteiger partial charge in [0.15, 0.2) is 0 Å². The van der Waals surface area contributed by atoms with Crippen molar-refractivity contribution in [2.24, 2.45) is 0 Å². The Bertz CT molecular complexity index is 855. The third kappa shape index (κ3) is 3.17. The van der Waals surface area contributed by atoms with Gasteiger partial charge in [-0.1, -0.05) is 58.5 Å². The Morgan fingerprint density at radius 3 is 1.70 bits per heavy atom. The number of rotatable bonds is 2. The van der Waals surface area contributed by atoms with Crippen LogP contribution in [-0.2, 0) is 0 Å².